The number of halogens is 1. The molecule has 0 spiro atoms. The van der Waals surface area contributed by atoms with Crippen molar-refractivity contribution in [1.29, 1.82) is 0 Å². The maximum Gasteiger partial charge on any atom is 0.224 e. The minimum Gasteiger partial charge on any atom is -0.336 e. The third-order valence-electron chi connectivity index (χ3n) is 4.29. The lowest BCUT2D eigenvalue weighted by Gasteiger charge is -2.25. The van der Waals surface area contributed by atoms with Gasteiger partial charge in [-0.15, -0.1) is 0 Å². The summed E-state index contributed by atoms with van der Waals surface area (Å²) in [5.41, 5.74) is 2.08. The van der Waals surface area contributed by atoms with E-state index in [-0.39, 0.29) is 17.8 Å². The number of hydrogen-bond donors (Lipinski definition) is 0. The minimum absolute atomic E-state index is 0.0758. The quantitative estimate of drug-likeness (QED) is 0.870. The van der Waals surface area contributed by atoms with Gasteiger partial charge in [-0.2, -0.15) is 5.10 Å². The molecule has 116 valence electrons. The standard InChI is InChI=1S/C17H20FN3O/c1-13-8-10-19-21(13)12-9-17(22)20-11-2-3-16(20)14-4-6-15(18)7-5-14/h4-8,10,16H,2-3,9,11-12H2,1H3/t16-/m1/s1. The lowest BCUT2D eigenvalue weighted by Crippen LogP contribution is -2.31. The van der Waals surface area contributed by atoms with Crippen molar-refractivity contribution in [2.75, 3.05) is 6.54 Å². The molecule has 2 heterocycles. The molecule has 1 atom stereocenters. The average molecular weight is 301 g/mol. The van der Waals surface area contributed by atoms with Gasteiger partial charge in [0, 0.05) is 31.4 Å². The third kappa shape index (κ3) is 3.03. The Morgan fingerprint density at radius 3 is 2.77 bits per heavy atom. The summed E-state index contributed by atoms with van der Waals surface area (Å²) in [7, 11) is 0. The fraction of sp³-hybridized carbons (Fsp3) is 0.412. The van der Waals surface area contributed by atoms with Gasteiger partial charge >= 0.3 is 0 Å². The Balaban J connectivity index is 1.66. The number of carbonyl (C=O) groups is 1. The molecule has 0 saturated carbocycles. The highest BCUT2D eigenvalue weighted by Gasteiger charge is 2.29. The number of carbonyl (C=O) groups excluding carboxylic acids is 1. The van der Waals surface area contributed by atoms with Crippen LogP contribution in [0.3, 0.4) is 0 Å². The normalized spacial score (nSPS) is 17.9. The number of benzene rings is 1. The fourth-order valence-corrected chi connectivity index (χ4v) is 3.07. The zero-order chi connectivity index (χ0) is 15.5. The summed E-state index contributed by atoms with van der Waals surface area (Å²) in [5, 5.41) is 4.21. The summed E-state index contributed by atoms with van der Waals surface area (Å²) in [4.78, 5) is 14.4. The van der Waals surface area contributed by atoms with Crippen LogP contribution in [0.1, 0.15) is 36.6 Å². The van der Waals surface area contributed by atoms with Crippen molar-refractivity contribution in [2.24, 2.45) is 0 Å². The molecule has 3 rings (SSSR count). The number of hydrogen-bond acceptors (Lipinski definition) is 2. The van der Waals surface area contributed by atoms with Crippen LogP contribution in [0.5, 0.6) is 0 Å². The summed E-state index contributed by atoms with van der Waals surface area (Å²) in [5.74, 6) is -0.101. The molecule has 0 N–H and O–H groups in total. The molecular formula is C17H20FN3O. The molecule has 1 aliphatic rings. The molecule has 0 radical (unpaired) electrons. The highest BCUT2D eigenvalue weighted by atomic mass is 19.1. The minimum atomic E-state index is -0.242. The Labute approximate surface area is 129 Å². The van der Waals surface area contributed by atoms with Crippen LogP contribution in [0.15, 0.2) is 36.5 Å². The second kappa shape index (κ2) is 6.30. The van der Waals surface area contributed by atoms with Gasteiger partial charge in [0.05, 0.1) is 6.04 Å². The predicted molar refractivity (Wildman–Crippen MR) is 81.7 cm³/mol. The van der Waals surface area contributed by atoms with Crippen molar-refractivity contribution >= 4 is 5.91 Å². The molecule has 1 aromatic heterocycles. The molecular weight excluding hydrogens is 281 g/mol. The first kappa shape index (κ1) is 14.8. The predicted octanol–water partition coefficient (Wildman–Crippen LogP) is 3.08. The first-order valence-electron chi connectivity index (χ1n) is 7.68. The SMILES string of the molecule is Cc1ccnn1CCC(=O)N1CCC[C@@H]1c1ccc(F)cc1. The van der Waals surface area contributed by atoms with Gasteiger partial charge in [-0.1, -0.05) is 12.1 Å². The average Bonchev–Trinajstić information content (AvgIpc) is 3.15. The Morgan fingerprint density at radius 1 is 1.32 bits per heavy atom. The fourth-order valence-electron chi connectivity index (χ4n) is 3.07. The van der Waals surface area contributed by atoms with E-state index in [1.54, 1.807) is 18.3 Å². The molecule has 2 aromatic rings. The number of aromatic nitrogens is 2. The second-order valence-corrected chi connectivity index (χ2v) is 5.74. The van der Waals surface area contributed by atoms with E-state index in [9.17, 15) is 9.18 Å². The first-order chi connectivity index (χ1) is 10.6. The molecule has 1 aromatic carbocycles. The molecule has 4 nitrogen and oxygen atoms in total. The van der Waals surface area contributed by atoms with Gasteiger partial charge in [0.15, 0.2) is 0 Å². The van der Waals surface area contributed by atoms with Crippen molar-refractivity contribution in [3.63, 3.8) is 0 Å². The van der Waals surface area contributed by atoms with Gasteiger partial charge in [0.2, 0.25) is 5.91 Å². The third-order valence-corrected chi connectivity index (χ3v) is 4.29. The van der Waals surface area contributed by atoms with Crippen LogP contribution >= 0.6 is 0 Å². The topological polar surface area (TPSA) is 38.1 Å². The molecule has 1 fully saturated rings. The largest absolute Gasteiger partial charge is 0.336 e. The van der Waals surface area contributed by atoms with E-state index in [4.69, 9.17) is 0 Å². The zero-order valence-corrected chi connectivity index (χ0v) is 12.7. The van der Waals surface area contributed by atoms with E-state index in [0.717, 1.165) is 30.6 Å². The second-order valence-electron chi connectivity index (χ2n) is 5.74. The van der Waals surface area contributed by atoms with E-state index in [1.807, 2.05) is 22.6 Å². The number of nitrogens with zero attached hydrogens (tertiary/aromatic N) is 3. The van der Waals surface area contributed by atoms with E-state index < -0.39 is 0 Å². The summed E-state index contributed by atoms with van der Waals surface area (Å²) in [6, 6.07) is 8.49. The van der Waals surface area contributed by atoms with E-state index in [1.165, 1.54) is 12.1 Å². The summed E-state index contributed by atoms with van der Waals surface area (Å²) in [6.45, 7) is 3.36. The zero-order valence-electron chi connectivity index (χ0n) is 12.7. The van der Waals surface area contributed by atoms with Crippen molar-refractivity contribution in [2.45, 2.75) is 38.8 Å². The van der Waals surface area contributed by atoms with Gasteiger partial charge < -0.3 is 4.90 Å². The monoisotopic (exact) mass is 301 g/mol. The van der Waals surface area contributed by atoms with Gasteiger partial charge in [-0.3, -0.25) is 9.48 Å². The Kier molecular flexibility index (Phi) is 4.22. The van der Waals surface area contributed by atoms with Crippen LogP contribution in [0.25, 0.3) is 0 Å². The maximum absolute atomic E-state index is 13.1. The summed E-state index contributed by atoms with van der Waals surface area (Å²) < 4.78 is 14.9. The Bertz CT molecular complexity index is 650. The van der Waals surface area contributed by atoms with Gasteiger partial charge in [-0.25, -0.2) is 4.39 Å². The molecule has 0 bridgehead atoms. The van der Waals surface area contributed by atoms with Gasteiger partial charge in [-0.05, 0) is 43.5 Å². The van der Waals surface area contributed by atoms with Gasteiger partial charge in [0.25, 0.3) is 0 Å². The number of rotatable bonds is 4. The van der Waals surface area contributed by atoms with Crippen LogP contribution in [0.4, 0.5) is 4.39 Å². The van der Waals surface area contributed by atoms with Crippen LogP contribution in [-0.2, 0) is 11.3 Å². The lowest BCUT2D eigenvalue weighted by molar-refractivity contribution is -0.132. The molecule has 0 aliphatic carbocycles. The molecule has 5 heteroatoms. The van der Waals surface area contributed by atoms with Crippen molar-refractivity contribution in [1.82, 2.24) is 14.7 Å². The number of likely N-dealkylation sites (tertiary alicyclic amines) is 1. The van der Waals surface area contributed by atoms with E-state index in [2.05, 4.69) is 5.10 Å². The smallest absolute Gasteiger partial charge is 0.224 e. The molecule has 1 amide bonds. The summed E-state index contributed by atoms with van der Waals surface area (Å²) >= 11 is 0. The Morgan fingerprint density at radius 2 is 2.09 bits per heavy atom. The maximum atomic E-state index is 13.1. The number of amides is 1. The van der Waals surface area contributed by atoms with Gasteiger partial charge in [0.1, 0.15) is 5.82 Å². The Hall–Kier alpha value is -2.17. The van der Waals surface area contributed by atoms with E-state index >= 15 is 0 Å². The summed E-state index contributed by atoms with van der Waals surface area (Å²) in [6.07, 6.45) is 4.13. The molecule has 1 saturated heterocycles. The van der Waals surface area contributed by atoms with Crippen LogP contribution in [0.2, 0.25) is 0 Å². The lowest BCUT2D eigenvalue weighted by atomic mass is 10.0. The molecule has 22 heavy (non-hydrogen) atoms. The van der Waals surface area contributed by atoms with Crippen molar-refractivity contribution in [3.05, 3.63) is 53.6 Å². The molecule has 0 unspecified atom stereocenters. The van der Waals surface area contributed by atoms with Crippen LogP contribution < -0.4 is 0 Å². The number of aryl methyl sites for hydroxylation is 2. The van der Waals surface area contributed by atoms with Crippen molar-refractivity contribution < 1.29 is 9.18 Å². The van der Waals surface area contributed by atoms with Crippen LogP contribution in [-0.4, -0.2) is 27.1 Å². The first-order valence-corrected chi connectivity index (χ1v) is 7.68. The van der Waals surface area contributed by atoms with Crippen molar-refractivity contribution in [3.8, 4) is 0 Å². The highest BCUT2D eigenvalue weighted by molar-refractivity contribution is 5.77. The molecule has 1 aliphatic heterocycles. The van der Waals surface area contributed by atoms with E-state index in [0.29, 0.717) is 13.0 Å². The highest BCUT2D eigenvalue weighted by Crippen LogP contribution is 2.32. The van der Waals surface area contributed by atoms with Crippen LogP contribution in [0, 0.1) is 12.7 Å².